The molecule has 0 spiro atoms. The van der Waals surface area contributed by atoms with Crippen LogP contribution in [0.4, 0.5) is 0 Å². The molecule has 5 rings (SSSR count). The lowest BCUT2D eigenvalue weighted by Gasteiger charge is -2.04. The smallest absolute Gasteiger partial charge is 0.133 e. The van der Waals surface area contributed by atoms with Crippen LogP contribution in [0, 0.1) is 0 Å². The van der Waals surface area contributed by atoms with E-state index in [4.69, 9.17) is 15.0 Å². The van der Waals surface area contributed by atoms with Gasteiger partial charge in [-0.1, -0.05) is 48.5 Å². The zero-order valence-electron chi connectivity index (χ0n) is 24.1. The van der Waals surface area contributed by atoms with E-state index in [-0.39, 0.29) is 0 Å². The predicted octanol–water partition coefficient (Wildman–Crippen LogP) is 6.52. The van der Waals surface area contributed by atoms with E-state index in [1.54, 1.807) is 0 Å². The van der Waals surface area contributed by atoms with Gasteiger partial charge in [0.25, 0.3) is 0 Å². The van der Waals surface area contributed by atoms with Crippen LogP contribution in [-0.2, 0) is 19.3 Å². The third kappa shape index (κ3) is 4.32. The molecule has 2 aromatic heterocycles. The van der Waals surface area contributed by atoms with Crippen molar-refractivity contribution >= 4 is 35.7 Å². The Kier molecular flexibility index (Phi) is 7.38. The van der Waals surface area contributed by atoms with E-state index < -0.39 is 0 Å². The van der Waals surface area contributed by atoms with Gasteiger partial charge in [0, 0.05) is 22.5 Å². The molecule has 5 heteroatoms. The van der Waals surface area contributed by atoms with Gasteiger partial charge >= 0.3 is 0 Å². The van der Waals surface area contributed by atoms with E-state index >= 15 is 0 Å². The Morgan fingerprint density at radius 3 is 1.47 bits per heavy atom. The van der Waals surface area contributed by atoms with Crippen LogP contribution in [0.5, 0.6) is 0 Å². The molecule has 3 aliphatic heterocycles. The van der Waals surface area contributed by atoms with E-state index in [1.807, 2.05) is 0 Å². The lowest BCUT2D eigenvalue weighted by atomic mass is 9.98. The number of fused-ring (bicyclic) bond motifs is 6. The van der Waals surface area contributed by atoms with Crippen molar-refractivity contribution in [3.8, 4) is 0 Å². The first kappa shape index (κ1) is 26.1. The Bertz CT molecular complexity index is 1590. The van der Waals surface area contributed by atoms with Gasteiger partial charge in [0.15, 0.2) is 0 Å². The van der Waals surface area contributed by atoms with Crippen LogP contribution in [0.3, 0.4) is 0 Å². The van der Waals surface area contributed by atoms with E-state index in [2.05, 4.69) is 82.7 Å². The normalized spacial score (nSPS) is 16.8. The molecular formula is C33H41N5. The topological polar surface area (TPSA) is 69.2 Å². The molecular weight excluding hydrogens is 466 g/mol. The summed E-state index contributed by atoms with van der Waals surface area (Å²) in [7, 11) is 0. The number of aromatic amines is 2. The van der Waals surface area contributed by atoms with Crippen molar-refractivity contribution in [2.45, 2.75) is 93.4 Å². The Morgan fingerprint density at radius 1 is 0.526 bits per heavy atom. The number of H-pyrrole nitrogens is 2. The Labute approximate surface area is 226 Å². The summed E-state index contributed by atoms with van der Waals surface area (Å²) in [5.41, 5.74) is 14.4. The molecule has 0 unspecified atom stereocenters. The Balaban J connectivity index is 1.89. The predicted molar refractivity (Wildman–Crippen MR) is 162 cm³/mol. The highest BCUT2D eigenvalue weighted by Gasteiger charge is 2.24. The average molecular weight is 508 g/mol. The molecule has 2 aromatic rings. The monoisotopic (exact) mass is 507 g/mol. The number of aromatic nitrogens is 3. The van der Waals surface area contributed by atoms with Crippen molar-refractivity contribution in [3.63, 3.8) is 0 Å². The van der Waals surface area contributed by atoms with Gasteiger partial charge in [0.2, 0.25) is 0 Å². The highest BCUT2D eigenvalue weighted by Crippen LogP contribution is 2.34. The number of nitrogens with one attached hydrogen (secondary N) is 2. The second-order valence-electron chi connectivity index (χ2n) is 10.1. The lowest BCUT2D eigenvalue weighted by molar-refractivity contribution is 1.04. The maximum Gasteiger partial charge on any atom is 0.133 e. The number of rotatable bonds is 7. The second kappa shape index (κ2) is 10.7. The molecule has 5 heterocycles. The van der Waals surface area contributed by atoms with Crippen LogP contribution < -0.4 is 10.7 Å². The molecule has 0 fully saturated rings. The van der Waals surface area contributed by atoms with Crippen LogP contribution in [-0.4, -0.2) is 26.4 Å². The number of hydrogen-bond acceptors (Lipinski definition) is 3. The summed E-state index contributed by atoms with van der Waals surface area (Å²) in [6.07, 6.45) is 15.5. The van der Waals surface area contributed by atoms with E-state index in [9.17, 15) is 0 Å². The second-order valence-corrected chi connectivity index (χ2v) is 10.1. The van der Waals surface area contributed by atoms with Crippen LogP contribution in [0.1, 0.15) is 102 Å². The van der Waals surface area contributed by atoms with Gasteiger partial charge in [-0.3, -0.25) is 0 Å². The molecule has 0 saturated carbocycles. The van der Waals surface area contributed by atoms with Crippen molar-refractivity contribution in [1.82, 2.24) is 15.0 Å². The summed E-state index contributed by atoms with van der Waals surface area (Å²) in [5.74, 6) is 0.860. The number of aryl methyl sites for hydroxylation is 1. The maximum absolute atomic E-state index is 5.20. The molecule has 5 nitrogen and oxygen atoms in total. The van der Waals surface area contributed by atoms with Crippen LogP contribution in [0.15, 0.2) is 43.7 Å². The molecule has 3 aliphatic rings. The first-order valence-corrected chi connectivity index (χ1v) is 14.6. The van der Waals surface area contributed by atoms with Crippen LogP contribution in [0.25, 0.3) is 24.3 Å². The first-order chi connectivity index (χ1) is 18.5. The minimum atomic E-state index is 0.860. The maximum atomic E-state index is 5.20. The SMILES string of the molecule is CCC1=C(CC)C2=NC1=Cc1nc(c(CC)[nH]1)C=C1N=C(C=c3[nH]c(c(CC)c3CC)=C2)C(CC)=C1CC. The molecule has 198 valence electrons. The number of nitrogens with zero attached hydrogens (tertiary/aromatic N) is 3. The molecule has 2 N–H and O–H groups in total. The van der Waals surface area contributed by atoms with Crippen molar-refractivity contribution in [2.24, 2.45) is 9.98 Å². The fraction of sp³-hybridized carbons (Fsp3) is 0.424. The van der Waals surface area contributed by atoms with E-state index in [0.29, 0.717) is 0 Å². The summed E-state index contributed by atoms with van der Waals surface area (Å²) >= 11 is 0. The van der Waals surface area contributed by atoms with E-state index in [0.717, 1.165) is 85.0 Å². The molecule has 0 aliphatic carbocycles. The van der Waals surface area contributed by atoms with Gasteiger partial charge in [-0.2, -0.15) is 0 Å². The minimum Gasteiger partial charge on any atom is -0.355 e. The molecule has 0 radical (unpaired) electrons. The molecule has 0 saturated heterocycles. The Morgan fingerprint density at radius 2 is 1.03 bits per heavy atom. The lowest BCUT2D eigenvalue weighted by Crippen LogP contribution is -2.16. The molecule has 0 atom stereocenters. The number of hydrogen-bond donors (Lipinski definition) is 2. The van der Waals surface area contributed by atoms with Gasteiger partial charge < -0.3 is 9.97 Å². The average Bonchev–Trinajstić information content (AvgIpc) is 3.65. The Hall–Kier alpha value is -3.47. The molecule has 8 bridgehead atoms. The number of aliphatic imine (C=N–C) groups is 2. The third-order valence-electron chi connectivity index (χ3n) is 8.14. The minimum absolute atomic E-state index is 0.860. The summed E-state index contributed by atoms with van der Waals surface area (Å²) < 4.78 is 0. The fourth-order valence-corrected chi connectivity index (χ4v) is 6.31. The molecule has 0 amide bonds. The van der Waals surface area contributed by atoms with Crippen molar-refractivity contribution in [1.29, 1.82) is 0 Å². The number of imidazole rings is 1. The summed E-state index contributed by atoms with van der Waals surface area (Å²) in [4.78, 5) is 22.8. The van der Waals surface area contributed by atoms with Gasteiger partial charge in [-0.05, 0) is 96.6 Å². The fourth-order valence-electron chi connectivity index (χ4n) is 6.31. The van der Waals surface area contributed by atoms with Crippen molar-refractivity contribution < 1.29 is 0 Å². The zero-order chi connectivity index (χ0) is 27.0. The standard InChI is InChI=1S/C33H41N5/c1-8-19-20(9-2)27-16-29-23(12-5)24(13-6)31(36-29)18-33-37-25(14-7)32(38-33)17-30-22(11-4)21(10-3)28(35-30)15-26(19)34-27/h15-18,34H,8-14H2,1-7H3,(H,37,38). The van der Waals surface area contributed by atoms with Crippen LogP contribution >= 0.6 is 0 Å². The van der Waals surface area contributed by atoms with Gasteiger partial charge in [-0.25, -0.2) is 15.0 Å². The van der Waals surface area contributed by atoms with Gasteiger partial charge in [0.05, 0.1) is 28.5 Å². The highest BCUT2D eigenvalue weighted by molar-refractivity contribution is 6.24. The molecule has 38 heavy (non-hydrogen) atoms. The van der Waals surface area contributed by atoms with Crippen LogP contribution in [0.2, 0.25) is 0 Å². The largest absolute Gasteiger partial charge is 0.355 e. The van der Waals surface area contributed by atoms with Gasteiger partial charge in [0.1, 0.15) is 5.82 Å². The molecule has 0 aromatic carbocycles. The third-order valence-corrected chi connectivity index (χ3v) is 8.14. The zero-order valence-corrected chi connectivity index (χ0v) is 24.1. The first-order valence-electron chi connectivity index (χ1n) is 14.6. The number of allylic oxidation sites excluding steroid dienone is 4. The summed E-state index contributed by atoms with van der Waals surface area (Å²) in [5, 5.41) is 2.34. The highest BCUT2D eigenvalue weighted by atomic mass is 14.9. The van der Waals surface area contributed by atoms with Gasteiger partial charge in [-0.15, -0.1) is 0 Å². The quantitative estimate of drug-likeness (QED) is 0.440. The summed E-state index contributed by atoms with van der Waals surface area (Å²) in [6.45, 7) is 15.6. The van der Waals surface area contributed by atoms with Crippen molar-refractivity contribution in [3.05, 3.63) is 72.7 Å². The summed E-state index contributed by atoms with van der Waals surface area (Å²) in [6, 6.07) is 0. The van der Waals surface area contributed by atoms with E-state index in [1.165, 1.54) is 44.1 Å². The van der Waals surface area contributed by atoms with Crippen molar-refractivity contribution in [2.75, 3.05) is 0 Å².